The molecule has 0 atom stereocenters. The minimum Gasteiger partial charge on any atom is -0.397 e. The Morgan fingerprint density at radius 1 is 1.35 bits per heavy atom. The Balaban J connectivity index is 3.34. The number of halogens is 2. The zero-order valence-corrected chi connectivity index (χ0v) is 12.7. The van der Waals surface area contributed by atoms with Gasteiger partial charge in [-0.3, -0.25) is 0 Å². The molecule has 0 spiro atoms. The molecule has 1 aromatic carbocycles. The van der Waals surface area contributed by atoms with E-state index in [0.717, 1.165) is 0 Å². The summed E-state index contributed by atoms with van der Waals surface area (Å²) in [7, 11) is -3.50. The molecule has 0 amide bonds. The Kier molecular flexibility index (Phi) is 4.83. The number of sulfonamides is 1. The second-order valence-electron chi connectivity index (χ2n) is 3.39. The fourth-order valence-electron chi connectivity index (χ4n) is 1.42. The predicted octanol–water partition coefficient (Wildman–Crippen LogP) is 2.72. The van der Waals surface area contributed by atoms with Crippen molar-refractivity contribution in [3.63, 3.8) is 0 Å². The van der Waals surface area contributed by atoms with Crippen LogP contribution in [0.3, 0.4) is 0 Å². The quantitative estimate of drug-likeness (QED) is 0.856. The van der Waals surface area contributed by atoms with Crippen LogP contribution >= 0.6 is 27.5 Å². The zero-order valence-electron chi connectivity index (χ0n) is 9.57. The van der Waals surface area contributed by atoms with Crippen LogP contribution in [0.5, 0.6) is 0 Å². The molecule has 0 bridgehead atoms. The molecule has 7 heteroatoms. The van der Waals surface area contributed by atoms with Crippen molar-refractivity contribution in [2.24, 2.45) is 0 Å². The first-order valence-corrected chi connectivity index (χ1v) is 7.70. The molecule has 1 aromatic rings. The molecule has 0 heterocycles. The Hall–Kier alpha value is -0.300. The van der Waals surface area contributed by atoms with Crippen LogP contribution in [0.1, 0.15) is 13.8 Å². The van der Waals surface area contributed by atoms with Crippen molar-refractivity contribution < 1.29 is 8.42 Å². The molecule has 0 fully saturated rings. The van der Waals surface area contributed by atoms with E-state index in [1.165, 1.54) is 16.4 Å². The van der Waals surface area contributed by atoms with Crippen molar-refractivity contribution >= 4 is 43.2 Å². The molecule has 1 rings (SSSR count). The highest BCUT2D eigenvalue weighted by Gasteiger charge is 2.23. The molecule has 17 heavy (non-hydrogen) atoms. The molecule has 0 saturated carbocycles. The highest BCUT2D eigenvalue weighted by atomic mass is 79.9. The average Bonchev–Trinajstić information content (AvgIpc) is 2.26. The van der Waals surface area contributed by atoms with Crippen LogP contribution in [-0.4, -0.2) is 25.8 Å². The molecule has 0 aliphatic carbocycles. The maximum absolute atomic E-state index is 12.2. The molecule has 4 nitrogen and oxygen atoms in total. The lowest BCUT2D eigenvalue weighted by molar-refractivity contribution is 0.445. The summed E-state index contributed by atoms with van der Waals surface area (Å²) in [5.41, 5.74) is 5.99. The van der Waals surface area contributed by atoms with E-state index < -0.39 is 10.0 Å². The highest BCUT2D eigenvalue weighted by molar-refractivity contribution is 9.10. The first-order chi connectivity index (χ1) is 7.84. The SMILES string of the molecule is CCN(CC)S(=O)(=O)c1cc(Cl)c(N)c(Br)c1. The van der Waals surface area contributed by atoms with Gasteiger partial charge in [-0.25, -0.2) is 8.42 Å². The number of rotatable bonds is 4. The van der Waals surface area contributed by atoms with Crippen molar-refractivity contribution in [2.45, 2.75) is 18.7 Å². The largest absolute Gasteiger partial charge is 0.397 e. The van der Waals surface area contributed by atoms with E-state index in [0.29, 0.717) is 23.2 Å². The molecule has 0 aliphatic heterocycles. The summed E-state index contributed by atoms with van der Waals surface area (Å²) >= 11 is 9.07. The Bertz CT molecular complexity index is 492. The van der Waals surface area contributed by atoms with Gasteiger partial charge in [0.1, 0.15) is 0 Å². The monoisotopic (exact) mass is 340 g/mol. The van der Waals surface area contributed by atoms with Crippen LogP contribution in [-0.2, 0) is 10.0 Å². The molecule has 0 aromatic heterocycles. The summed E-state index contributed by atoms with van der Waals surface area (Å²) in [5, 5.41) is 0.227. The summed E-state index contributed by atoms with van der Waals surface area (Å²) in [5.74, 6) is 0. The van der Waals surface area contributed by atoms with Gasteiger partial charge in [-0.1, -0.05) is 25.4 Å². The topological polar surface area (TPSA) is 63.4 Å². The van der Waals surface area contributed by atoms with Crippen LogP contribution in [0.15, 0.2) is 21.5 Å². The Labute approximate surface area is 115 Å². The van der Waals surface area contributed by atoms with Crippen molar-refractivity contribution in [2.75, 3.05) is 18.8 Å². The first kappa shape index (κ1) is 14.8. The summed E-state index contributed by atoms with van der Waals surface area (Å²) in [6, 6.07) is 2.84. The lowest BCUT2D eigenvalue weighted by atomic mass is 10.3. The van der Waals surface area contributed by atoms with Gasteiger partial charge in [0.15, 0.2) is 0 Å². The lowest BCUT2D eigenvalue weighted by Crippen LogP contribution is -2.30. The summed E-state index contributed by atoms with van der Waals surface area (Å²) < 4.78 is 26.3. The van der Waals surface area contributed by atoms with E-state index >= 15 is 0 Å². The second-order valence-corrected chi connectivity index (χ2v) is 6.59. The van der Waals surface area contributed by atoms with E-state index in [9.17, 15) is 8.42 Å². The number of hydrogen-bond acceptors (Lipinski definition) is 3. The van der Waals surface area contributed by atoms with Gasteiger partial charge in [-0.15, -0.1) is 0 Å². The average molecular weight is 342 g/mol. The maximum Gasteiger partial charge on any atom is 0.243 e. The van der Waals surface area contributed by atoms with E-state index in [2.05, 4.69) is 15.9 Å². The second kappa shape index (κ2) is 5.56. The summed E-state index contributed by atoms with van der Waals surface area (Å²) in [4.78, 5) is 0.146. The number of nitrogen functional groups attached to an aromatic ring is 1. The van der Waals surface area contributed by atoms with E-state index in [4.69, 9.17) is 17.3 Å². The molecule has 0 unspecified atom stereocenters. The van der Waals surface area contributed by atoms with Crippen molar-refractivity contribution in [1.29, 1.82) is 0 Å². The summed E-state index contributed by atoms with van der Waals surface area (Å²) in [6.45, 7) is 4.40. The molecule has 0 saturated heterocycles. The standard InChI is InChI=1S/C10H14BrClN2O2S/c1-3-14(4-2)17(15,16)7-5-8(11)10(13)9(12)6-7/h5-6H,3-4,13H2,1-2H3. The van der Waals surface area contributed by atoms with Gasteiger partial charge < -0.3 is 5.73 Å². The fourth-order valence-corrected chi connectivity index (χ4v) is 3.94. The first-order valence-electron chi connectivity index (χ1n) is 5.09. The number of benzene rings is 1. The van der Waals surface area contributed by atoms with Crippen molar-refractivity contribution in [3.8, 4) is 0 Å². The Morgan fingerprint density at radius 3 is 2.29 bits per heavy atom. The molecule has 2 N–H and O–H groups in total. The van der Waals surface area contributed by atoms with Crippen LogP contribution in [0.4, 0.5) is 5.69 Å². The Morgan fingerprint density at radius 2 is 1.88 bits per heavy atom. The molecule has 96 valence electrons. The molecular weight excluding hydrogens is 328 g/mol. The van der Waals surface area contributed by atoms with Crippen molar-refractivity contribution in [3.05, 3.63) is 21.6 Å². The van der Waals surface area contributed by atoms with E-state index in [1.807, 2.05) is 0 Å². The van der Waals surface area contributed by atoms with Gasteiger partial charge in [0.25, 0.3) is 0 Å². The number of nitrogens with two attached hydrogens (primary N) is 1. The number of hydrogen-bond donors (Lipinski definition) is 1. The number of nitrogens with zero attached hydrogens (tertiary/aromatic N) is 1. The third-order valence-corrected chi connectivity index (χ3v) is 5.39. The maximum atomic E-state index is 12.2. The minimum absolute atomic E-state index is 0.146. The van der Waals surface area contributed by atoms with Gasteiger partial charge in [-0.2, -0.15) is 4.31 Å². The van der Waals surface area contributed by atoms with Crippen LogP contribution in [0, 0.1) is 0 Å². The zero-order chi connectivity index (χ0) is 13.2. The van der Waals surface area contributed by atoms with Gasteiger partial charge in [0.2, 0.25) is 10.0 Å². The molecule has 0 aliphatic rings. The van der Waals surface area contributed by atoms with Crippen LogP contribution < -0.4 is 5.73 Å². The van der Waals surface area contributed by atoms with Crippen LogP contribution in [0.2, 0.25) is 5.02 Å². The third kappa shape index (κ3) is 2.93. The van der Waals surface area contributed by atoms with Crippen LogP contribution in [0.25, 0.3) is 0 Å². The van der Waals surface area contributed by atoms with E-state index in [-0.39, 0.29) is 9.92 Å². The molecular formula is C10H14BrClN2O2S. The van der Waals surface area contributed by atoms with Crippen molar-refractivity contribution in [1.82, 2.24) is 4.31 Å². The van der Waals surface area contributed by atoms with E-state index in [1.54, 1.807) is 13.8 Å². The predicted molar refractivity (Wildman–Crippen MR) is 73.7 cm³/mol. The smallest absolute Gasteiger partial charge is 0.243 e. The normalized spacial score (nSPS) is 12.1. The highest BCUT2D eigenvalue weighted by Crippen LogP contribution is 2.32. The lowest BCUT2D eigenvalue weighted by Gasteiger charge is -2.19. The van der Waals surface area contributed by atoms with Gasteiger partial charge >= 0.3 is 0 Å². The fraction of sp³-hybridized carbons (Fsp3) is 0.400. The number of anilines is 1. The molecule has 0 radical (unpaired) electrons. The van der Waals surface area contributed by atoms with Gasteiger partial charge in [-0.05, 0) is 28.1 Å². The van der Waals surface area contributed by atoms with Gasteiger partial charge in [0.05, 0.1) is 15.6 Å². The minimum atomic E-state index is -3.50. The van der Waals surface area contributed by atoms with Gasteiger partial charge in [0, 0.05) is 17.6 Å². The third-order valence-electron chi connectivity index (χ3n) is 2.40. The summed E-state index contributed by atoms with van der Waals surface area (Å²) in [6.07, 6.45) is 0.